The van der Waals surface area contributed by atoms with Gasteiger partial charge in [-0.1, -0.05) is 0 Å². The fraction of sp³-hybridized carbons (Fsp3) is 0.667. The average molecular weight is 220 g/mol. The standard InChI is InChI=1S/C12H16N2O2/c15-11-9-5-4-6-10(9)16-12(13-11)14-7-2-1-3-8-14/h1-8H2. The second-order valence-corrected chi connectivity index (χ2v) is 4.60. The number of hydrogen-bond donors (Lipinski definition) is 0. The molecule has 4 nitrogen and oxygen atoms in total. The van der Waals surface area contributed by atoms with Crippen molar-refractivity contribution in [3.05, 3.63) is 21.7 Å². The van der Waals surface area contributed by atoms with Gasteiger partial charge in [-0.25, -0.2) is 0 Å². The van der Waals surface area contributed by atoms with Gasteiger partial charge in [0.25, 0.3) is 5.56 Å². The van der Waals surface area contributed by atoms with E-state index >= 15 is 0 Å². The molecule has 0 aromatic carbocycles. The number of aryl methyl sites for hydroxylation is 1. The van der Waals surface area contributed by atoms with Crippen LogP contribution >= 0.6 is 0 Å². The number of nitrogens with zero attached hydrogens (tertiary/aromatic N) is 2. The Bertz CT molecular complexity index is 447. The summed E-state index contributed by atoms with van der Waals surface area (Å²) in [5.41, 5.74) is 0.736. The molecule has 4 heteroatoms. The van der Waals surface area contributed by atoms with Crippen LogP contribution in [0.1, 0.15) is 37.0 Å². The summed E-state index contributed by atoms with van der Waals surface area (Å²) in [7, 11) is 0. The maximum atomic E-state index is 11.8. The Morgan fingerprint density at radius 1 is 1.06 bits per heavy atom. The Morgan fingerprint density at radius 3 is 2.69 bits per heavy atom. The monoisotopic (exact) mass is 220 g/mol. The Kier molecular flexibility index (Phi) is 2.42. The minimum Gasteiger partial charge on any atom is -0.430 e. The molecule has 16 heavy (non-hydrogen) atoms. The van der Waals surface area contributed by atoms with Crippen molar-refractivity contribution in [2.75, 3.05) is 18.0 Å². The molecule has 0 saturated carbocycles. The molecule has 1 aliphatic heterocycles. The van der Waals surface area contributed by atoms with Crippen LogP contribution in [0.2, 0.25) is 0 Å². The molecule has 1 aromatic rings. The van der Waals surface area contributed by atoms with Crippen molar-refractivity contribution in [1.82, 2.24) is 4.98 Å². The van der Waals surface area contributed by atoms with Gasteiger partial charge in [0.15, 0.2) is 0 Å². The summed E-state index contributed by atoms with van der Waals surface area (Å²) in [6.45, 7) is 1.93. The van der Waals surface area contributed by atoms with Gasteiger partial charge in [-0.2, -0.15) is 4.98 Å². The summed E-state index contributed by atoms with van der Waals surface area (Å²) < 4.78 is 5.75. The minimum absolute atomic E-state index is 0.0701. The highest BCUT2D eigenvalue weighted by atomic mass is 16.4. The van der Waals surface area contributed by atoms with Crippen molar-refractivity contribution in [2.24, 2.45) is 0 Å². The number of rotatable bonds is 1. The molecule has 1 aliphatic carbocycles. The Hall–Kier alpha value is -1.32. The van der Waals surface area contributed by atoms with Crippen LogP contribution in [0.25, 0.3) is 0 Å². The highest BCUT2D eigenvalue weighted by Gasteiger charge is 2.22. The van der Waals surface area contributed by atoms with Gasteiger partial charge < -0.3 is 9.32 Å². The second kappa shape index (κ2) is 3.92. The molecular formula is C12H16N2O2. The van der Waals surface area contributed by atoms with E-state index < -0.39 is 0 Å². The largest absolute Gasteiger partial charge is 0.430 e. The third kappa shape index (κ3) is 1.62. The average Bonchev–Trinajstić information content (AvgIpc) is 2.79. The predicted molar refractivity (Wildman–Crippen MR) is 60.9 cm³/mol. The van der Waals surface area contributed by atoms with Crippen LogP contribution in [0.4, 0.5) is 6.01 Å². The molecule has 0 unspecified atom stereocenters. The lowest BCUT2D eigenvalue weighted by Crippen LogP contribution is -2.32. The number of fused-ring (bicyclic) bond motifs is 1. The van der Waals surface area contributed by atoms with E-state index in [0.717, 1.165) is 43.7 Å². The van der Waals surface area contributed by atoms with E-state index in [4.69, 9.17) is 4.42 Å². The van der Waals surface area contributed by atoms with E-state index in [2.05, 4.69) is 9.88 Å². The highest BCUT2D eigenvalue weighted by Crippen LogP contribution is 2.23. The van der Waals surface area contributed by atoms with E-state index in [1.807, 2.05) is 0 Å². The molecule has 2 heterocycles. The molecule has 0 bridgehead atoms. The summed E-state index contributed by atoms with van der Waals surface area (Å²) in [5.74, 6) is 0.876. The number of hydrogen-bond acceptors (Lipinski definition) is 4. The van der Waals surface area contributed by atoms with E-state index in [1.165, 1.54) is 19.3 Å². The maximum Gasteiger partial charge on any atom is 0.300 e. The van der Waals surface area contributed by atoms with Crippen LogP contribution in [-0.2, 0) is 12.8 Å². The van der Waals surface area contributed by atoms with Gasteiger partial charge >= 0.3 is 6.01 Å². The van der Waals surface area contributed by atoms with Crippen molar-refractivity contribution in [3.63, 3.8) is 0 Å². The number of anilines is 1. The first-order valence-electron chi connectivity index (χ1n) is 6.12. The third-order valence-corrected chi connectivity index (χ3v) is 3.46. The van der Waals surface area contributed by atoms with Gasteiger partial charge in [0.2, 0.25) is 0 Å². The summed E-state index contributed by atoms with van der Waals surface area (Å²) >= 11 is 0. The molecule has 1 aromatic heterocycles. The van der Waals surface area contributed by atoms with Crippen LogP contribution in [0.3, 0.4) is 0 Å². The fourth-order valence-electron chi connectivity index (χ4n) is 2.56. The van der Waals surface area contributed by atoms with E-state index in [0.29, 0.717) is 6.01 Å². The van der Waals surface area contributed by atoms with Crippen molar-refractivity contribution < 1.29 is 4.42 Å². The van der Waals surface area contributed by atoms with Crippen molar-refractivity contribution in [3.8, 4) is 0 Å². The zero-order chi connectivity index (χ0) is 11.0. The Balaban J connectivity index is 1.96. The quantitative estimate of drug-likeness (QED) is 0.719. The number of aromatic nitrogens is 1. The molecule has 3 rings (SSSR count). The van der Waals surface area contributed by atoms with Crippen LogP contribution < -0.4 is 10.5 Å². The lowest BCUT2D eigenvalue weighted by atomic mass is 10.1. The zero-order valence-electron chi connectivity index (χ0n) is 9.37. The maximum absolute atomic E-state index is 11.8. The van der Waals surface area contributed by atoms with Crippen molar-refractivity contribution >= 4 is 6.01 Å². The van der Waals surface area contributed by atoms with E-state index in [9.17, 15) is 4.79 Å². The normalized spacial score (nSPS) is 19.9. The molecule has 0 atom stereocenters. The minimum atomic E-state index is -0.0701. The van der Waals surface area contributed by atoms with Crippen molar-refractivity contribution in [2.45, 2.75) is 38.5 Å². The van der Waals surface area contributed by atoms with E-state index in [1.54, 1.807) is 0 Å². The lowest BCUT2D eigenvalue weighted by molar-refractivity contribution is 0.445. The Morgan fingerprint density at radius 2 is 1.88 bits per heavy atom. The summed E-state index contributed by atoms with van der Waals surface area (Å²) in [6, 6.07) is 0.547. The molecule has 0 radical (unpaired) electrons. The molecule has 86 valence electrons. The topological polar surface area (TPSA) is 46.3 Å². The van der Waals surface area contributed by atoms with Crippen LogP contribution in [0.15, 0.2) is 9.21 Å². The van der Waals surface area contributed by atoms with Gasteiger partial charge in [0.05, 0.1) is 5.56 Å². The predicted octanol–water partition coefficient (Wildman–Crippen LogP) is 1.51. The first-order valence-corrected chi connectivity index (χ1v) is 6.12. The SMILES string of the molecule is O=c1nc(N2CCCCC2)oc2c1CCC2. The number of piperidine rings is 1. The summed E-state index contributed by atoms with van der Waals surface area (Å²) in [6.07, 6.45) is 6.37. The first-order chi connectivity index (χ1) is 7.84. The molecule has 0 N–H and O–H groups in total. The highest BCUT2D eigenvalue weighted by molar-refractivity contribution is 5.30. The van der Waals surface area contributed by atoms with Crippen LogP contribution in [-0.4, -0.2) is 18.1 Å². The summed E-state index contributed by atoms with van der Waals surface area (Å²) in [4.78, 5) is 17.9. The zero-order valence-corrected chi connectivity index (χ0v) is 9.37. The van der Waals surface area contributed by atoms with Gasteiger partial charge in [0.1, 0.15) is 5.76 Å². The first kappa shape index (κ1) is 9.87. The molecule has 0 amide bonds. The lowest BCUT2D eigenvalue weighted by Gasteiger charge is -2.25. The fourth-order valence-corrected chi connectivity index (χ4v) is 2.56. The molecule has 0 spiro atoms. The third-order valence-electron chi connectivity index (χ3n) is 3.46. The van der Waals surface area contributed by atoms with Gasteiger partial charge in [0, 0.05) is 19.5 Å². The van der Waals surface area contributed by atoms with Gasteiger partial charge in [-0.05, 0) is 32.1 Å². The van der Waals surface area contributed by atoms with Gasteiger partial charge in [-0.3, -0.25) is 4.79 Å². The van der Waals surface area contributed by atoms with Crippen LogP contribution in [0.5, 0.6) is 0 Å². The van der Waals surface area contributed by atoms with E-state index in [-0.39, 0.29) is 5.56 Å². The second-order valence-electron chi connectivity index (χ2n) is 4.60. The molecule has 1 fully saturated rings. The van der Waals surface area contributed by atoms with Crippen LogP contribution in [0, 0.1) is 0 Å². The summed E-state index contributed by atoms with van der Waals surface area (Å²) in [5, 5.41) is 0. The smallest absolute Gasteiger partial charge is 0.300 e. The molecular weight excluding hydrogens is 204 g/mol. The van der Waals surface area contributed by atoms with Crippen molar-refractivity contribution in [1.29, 1.82) is 0 Å². The molecule has 1 saturated heterocycles. The molecule has 2 aliphatic rings. The van der Waals surface area contributed by atoms with Gasteiger partial charge in [-0.15, -0.1) is 0 Å². The Labute approximate surface area is 94.3 Å².